The molecule has 0 amide bonds. The van der Waals surface area contributed by atoms with Crippen molar-refractivity contribution < 1.29 is 14.8 Å². The van der Waals surface area contributed by atoms with Crippen molar-refractivity contribution in [3.63, 3.8) is 0 Å². The molecule has 0 aromatic heterocycles. The second-order valence-electron chi connectivity index (χ2n) is 4.58. The molecule has 1 rings (SSSR count). The Morgan fingerprint density at radius 1 is 1.42 bits per heavy atom. The molecule has 0 heterocycles. The molecule has 1 aromatic carbocycles. The fourth-order valence-electron chi connectivity index (χ4n) is 1.22. The maximum atomic E-state index is 11.0. The number of carboxylic acid groups (broad SMARTS) is 1. The van der Waals surface area contributed by atoms with E-state index in [1.54, 1.807) is 0 Å². The summed E-state index contributed by atoms with van der Waals surface area (Å²) in [5, 5.41) is 22.8. The minimum atomic E-state index is -1.07. The number of carbonyl (C=O) groups is 1. The van der Waals surface area contributed by atoms with Gasteiger partial charge >= 0.3 is 5.97 Å². The van der Waals surface area contributed by atoms with E-state index >= 15 is 0 Å². The van der Waals surface area contributed by atoms with Crippen LogP contribution in [0.15, 0.2) is 12.1 Å². The van der Waals surface area contributed by atoms with E-state index in [4.69, 9.17) is 28.3 Å². The number of anilines is 1. The van der Waals surface area contributed by atoms with Crippen molar-refractivity contribution >= 4 is 40.5 Å². The van der Waals surface area contributed by atoms with Gasteiger partial charge in [0.1, 0.15) is 5.69 Å². The number of halogens is 2. The summed E-state index contributed by atoms with van der Waals surface area (Å²) < 4.78 is 0. The quantitative estimate of drug-likeness (QED) is 0.642. The minimum absolute atomic E-state index is 0.0150. The zero-order valence-corrected chi connectivity index (χ0v) is 11.7. The van der Waals surface area contributed by atoms with E-state index in [1.165, 1.54) is 19.9 Å². The number of nitro groups is 1. The van der Waals surface area contributed by atoms with Crippen molar-refractivity contribution in [1.29, 1.82) is 0 Å². The van der Waals surface area contributed by atoms with Crippen molar-refractivity contribution in [2.24, 2.45) is 5.41 Å². The summed E-state index contributed by atoms with van der Waals surface area (Å²) in [7, 11) is 0. The number of hydrogen-bond donors (Lipinski definition) is 2. The number of benzene rings is 1. The Balaban J connectivity index is 3.04. The van der Waals surface area contributed by atoms with E-state index in [-0.39, 0.29) is 28.0 Å². The van der Waals surface area contributed by atoms with E-state index in [0.717, 1.165) is 6.07 Å². The summed E-state index contributed by atoms with van der Waals surface area (Å²) in [6.07, 6.45) is 0. The van der Waals surface area contributed by atoms with Crippen LogP contribution in [-0.2, 0) is 4.79 Å². The van der Waals surface area contributed by atoms with Crippen LogP contribution < -0.4 is 5.32 Å². The Kier molecular flexibility index (Phi) is 4.60. The van der Waals surface area contributed by atoms with Crippen LogP contribution in [0.1, 0.15) is 13.8 Å². The summed E-state index contributed by atoms with van der Waals surface area (Å²) in [6, 6.07) is 2.43. The largest absolute Gasteiger partial charge is 0.481 e. The van der Waals surface area contributed by atoms with Gasteiger partial charge in [0.2, 0.25) is 0 Å². The average Bonchev–Trinajstić information content (AvgIpc) is 2.29. The van der Waals surface area contributed by atoms with Crippen LogP contribution in [-0.4, -0.2) is 22.5 Å². The van der Waals surface area contributed by atoms with Gasteiger partial charge in [0.05, 0.1) is 20.4 Å². The van der Waals surface area contributed by atoms with Crippen LogP contribution in [0.5, 0.6) is 0 Å². The Labute approximate surface area is 119 Å². The Morgan fingerprint density at radius 3 is 2.42 bits per heavy atom. The van der Waals surface area contributed by atoms with Crippen molar-refractivity contribution in [1.82, 2.24) is 0 Å². The predicted molar refractivity (Wildman–Crippen MR) is 73.0 cm³/mol. The lowest BCUT2D eigenvalue weighted by atomic mass is 9.94. The highest BCUT2D eigenvalue weighted by Gasteiger charge is 2.28. The molecule has 0 aliphatic heterocycles. The third kappa shape index (κ3) is 3.71. The van der Waals surface area contributed by atoms with Crippen molar-refractivity contribution in [3.8, 4) is 0 Å². The molecule has 0 saturated carbocycles. The second-order valence-corrected chi connectivity index (χ2v) is 5.40. The number of aliphatic carboxylic acids is 1. The predicted octanol–water partition coefficient (Wildman–Crippen LogP) is 3.42. The van der Waals surface area contributed by atoms with Crippen molar-refractivity contribution in [3.05, 3.63) is 32.3 Å². The molecule has 8 heteroatoms. The number of nitro benzene ring substituents is 1. The van der Waals surface area contributed by atoms with Gasteiger partial charge < -0.3 is 10.4 Å². The smallest absolute Gasteiger partial charge is 0.310 e. The summed E-state index contributed by atoms with van der Waals surface area (Å²) in [5.74, 6) is -1.01. The van der Waals surface area contributed by atoms with E-state index in [9.17, 15) is 14.9 Å². The van der Waals surface area contributed by atoms with Gasteiger partial charge in [-0.2, -0.15) is 0 Å². The van der Waals surface area contributed by atoms with Crippen LogP contribution >= 0.6 is 23.2 Å². The third-order valence-corrected chi connectivity index (χ3v) is 3.26. The van der Waals surface area contributed by atoms with Gasteiger partial charge in [0.15, 0.2) is 0 Å². The molecule has 104 valence electrons. The van der Waals surface area contributed by atoms with Gasteiger partial charge in [-0.3, -0.25) is 14.9 Å². The molecule has 19 heavy (non-hydrogen) atoms. The lowest BCUT2D eigenvalue weighted by Gasteiger charge is -2.20. The molecule has 0 aliphatic carbocycles. The normalized spacial score (nSPS) is 11.2. The highest BCUT2D eigenvalue weighted by Crippen LogP contribution is 2.34. The van der Waals surface area contributed by atoms with E-state index in [2.05, 4.69) is 5.32 Å². The molecule has 0 saturated heterocycles. The summed E-state index contributed by atoms with van der Waals surface area (Å²) >= 11 is 11.5. The van der Waals surface area contributed by atoms with Crippen LogP contribution in [0.2, 0.25) is 10.0 Å². The maximum absolute atomic E-state index is 11.0. The topological polar surface area (TPSA) is 92.5 Å². The van der Waals surface area contributed by atoms with Gasteiger partial charge in [-0.1, -0.05) is 23.2 Å². The number of carboxylic acids is 1. The molecular weight excluding hydrogens is 295 g/mol. The second kappa shape index (κ2) is 5.63. The first-order chi connectivity index (χ1) is 8.65. The zero-order valence-electron chi connectivity index (χ0n) is 10.2. The lowest BCUT2D eigenvalue weighted by molar-refractivity contribution is -0.383. The van der Waals surface area contributed by atoms with Crippen LogP contribution in [0.25, 0.3) is 0 Å². The SMILES string of the molecule is CC(C)(CNc1cc(Cl)c(Cl)cc1[N+](=O)[O-])C(=O)O. The van der Waals surface area contributed by atoms with E-state index in [1.807, 2.05) is 0 Å². The molecule has 0 radical (unpaired) electrons. The van der Waals surface area contributed by atoms with Crippen LogP contribution in [0, 0.1) is 15.5 Å². The third-order valence-electron chi connectivity index (χ3n) is 2.54. The summed E-state index contributed by atoms with van der Waals surface area (Å²) in [5.41, 5.74) is -1.19. The number of nitrogens with one attached hydrogen (secondary N) is 1. The fraction of sp³-hybridized carbons (Fsp3) is 0.364. The summed E-state index contributed by atoms with van der Waals surface area (Å²) in [4.78, 5) is 21.2. The van der Waals surface area contributed by atoms with Gasteiger partial charge in [-0.05, 0) is 19.9 Å². The minimum Gasteiger partial charge on any atom is -0.481 e. The Morgan fingerprint density at radius 2 is 1.95 bits per heavy atom. The average molecular weight is 307 g/mol. The van der Waals surface area contributed by atoms with Gasteiger partial charge in [-0.25, -0.2) is 0 Å². The van der Waals surface area contributed by atoms with E-state index in [0.29, 0.717) is 0 Å². The molecule has 0 atom stereocenters. The van der Waals surface area contributed by atoms with E-state index < -0.39 is 16.3 Å². The van der Waals surface area contributed by atoms with Crippen molar-refractivity contribution in [2.45, 2.75) is 13.8 Å². The van der Waals surface area contributed by atoms with Gasteiger partial charge in [0.25, 0.3) is 5.69 Å². The fourth-order valence-corrected chi connectivity index (χ4v) is 1.54. The first-order valence-corrected chi connectivity index (χ1v) is 6.01. The molecular formula is C11H12Cl2N2O4. The Hall–Kier alpha value is -1.53. The van der Waals surface area contributed by atoms with Gasteiger partial charge in [-0.15, -0.1) is 0 Å². The highest BCUT2D eigenvalue weighted by molar-refractivity contribution is 6.42. The molecule has 0 bridgehead atoms. The van der Waals surface area contributed by atoms with Crippen LogP contribution in [0.4, 0.5) is 11.4 Å². The number of nitrogens with zero attached hydrogens (tertiary/aromatic N) is 1. The standard InChI is InChI=1S/C11H12Cl2N2O4/c1-11(2,10(16)17)5-14-8-3-6(12)7(13)4-9(8)15(18)19/h3-4,14H,5H2,1-2H3,(H,16,17). The lowest BCUT2D eigenvalue weighted by Crippen LogP contribution is -2.31. The highest BCUT2D eigenvalue weighted by atomic mass is 35.5. The monoisotopic (exact) mass is 306 g/mol. The molecule has 6 nitrogen and oxygen atoms in total. The molecule has 0 unspecified atom stereocenters. The molecule has 0 spiro atoms. The first-order valence-electron chi connectivity index (χ1n) is 5.26. The first kappa shape index (κ1) is 15.5. The molecule has 0 fully saturated rings. The molecule has 0 aliphatic rings. The Bertz CT molecular complexity index is 532. The molecule has 2 N–H and O–H groups in total. The zero-order chi connectivity index (χ0) is 14.8. The maximum Gasteiger partial charge on any atom is 0.310 e. The molecule has 1 aromatic rings. The number of rotatable bonds is 5. The van der Waals surface area contributed by atoms with Crippen LogP contribution in [0.3, 0.4) is 0 Å². The number of hydrogen-bond acceptors (Lipinski definition) is 4. The van der Waals surface area contributed by atoms with Gasteiger partial charge in [0, 0.05) is 12.6 Å². The summed E-state index contributed by atoms with van der Waals surface area (Å²) in [6.45, 7) is 3.03. The van der Waals surface area contributed by atoms with Crippen molar-refractivity contribution in [2.75, 3.05) is 11.9 Å².